The molecule has 4 atom stereocenters. The van der Waals surface area contributed by atoms with Crippen molar-refractivity contribution < 1.29 is 23.9 Å². The average Bonchev–Trinajstić information content (AvgIpc) is 3.47. The summed E-state index contributed by atoms with van der Waals surface area (Å²) in [5, 5.41) is 5.51. The molecule has 1 aromatic rings. The second kappa shape index (κ2) is 10.8. The maximum atomic E-state index is 13.1. The number of amides is 2. The van der Waals surface area contributed by atoms with Gasteiger partial charge in [-0.25, -0.2) is 4.79 Å². The largest absolute Gasteiger partial charge is 0.413 e. The predicted octanol–water partition coefficient (Wildman–Crippen LogP) is 1.70. The van der Waals surface area contributed by atoms with Crippen LogP contribution in [-0.4, -0.2) is 72.1 Å². The Balaban J connectivity index is 1.64. The van der Waals surface area contributed by atoms with Crippen LogP contribution in [0.5, 0.6) is 5.75 Å². The first-order valence-electron chi connectivity index (χ1n) is 11.1. The lowest BCUT2D eigenvalue weighted by molar-refractivity contribution is -0.128. The molecular formula is C22H34N4O5. The zero-order chi connectivity index (χ0) is 22.4. The van der Waals surface area contributed by atoms with E-state index >= 15 is 0 Å². The highest BCUT2D eigenvalue weighted by molar-refractivity contribution is 5.94. The fourth-order valence-electron chi connectivity index (χ4n) is 3.91. The van der Waals surface area contributed by atoms with Gasteiger partial charge in [-0.05, 0) is 50.3 Å². The SMILES string of the molecule is CC(C)C(C)C[C@H](NC(=O)Oc1cc[nH]c1)C(=O)NC1C(=O)COC1CN1CCCC1. The van der Waals surface area contributed by atoms with Crippen LogP contribution in [0.4, 0.5) is 4.79 Å². The van der Waals surface area contributed by atoms with Crippen molar-refractivity contribution in [2.24, 2.45) is 11.8 Å². The lowest BCUT2D eigenvalue weighted by atomic mass is 9.90. The summed E-state index contributed by atoms with van der Waals surface area (Å²) in [6, 6.07) is 0.0974. The topological polar surface area (TPSA) is 113 Å². The number of likely N-dealkylation sites (tertiary alicyclic amines) is 1. The number of ketones is 1. The molecule has 0 aromatic carbocycles. The Kier molecular flexibility index (Phi) is 8.09. The van der Waals surface area contributed by atoms with Crippen LogP contribution in [-0.2, 0) is 14.3 Å². The Morgan fingerprint density at radius 3 is 2.68 bits per heavy atom. The van der Waals surface area contributed by atoms with E-state index in [-0.39, 0.29) is 24.4 Å². The van der Waals surface area contributed by atoms with Crippen LogP contribution in [0.1, 0.15) is 40.0 Å². The summed E-state index contributed by atoms with van der Waals surface area (Å²) in [7, 11) is 0. The van der Waals surface area contributed by atoms with E-state index in [1.807, 2.05) is 6.92 Å². The molecule has 2 aliphatic rings. The standard InChI is InChI=1S/C22H34N4O5/c1-14(2)15(3)10-17(24-22(29)31-16-6-7-23-11-16)21(28)25-20-18(27)13-30-19(20)12-26-8-4-5-9-26/h6-7,11,14-15,17,19-20,23H,4-5,8-10,12-13H2,1-3H3,(H,24,29)(H,25,28)/t15?,17-,19?,20?/m0/s1. The molecule has 2 fully saturated rings. The van der Waals surface area contributed by atoms with Crippen molar-refractivity contribution in [1.82, 2.24) is 20.5 Å². The first-order valence-corrected chi connectivity index (χ1v) is 11.1. The van der Waals surface area contributed by atoms with Crippen molar-refractivity contribution in [3.63, 3.8) is 0 Å². The Labute approximate surface area is 183 Å². The van der Waals surface area contributed by atoms with Gasteiger partial charge in [0.05, 0.1) is 6.10 Å². The van der Waals surface area contributed by atoms with Gasteiger partial charge < -0.3 is 30.0 Å². The first kappa shape index (κ1) is 23.3. The number of nitrogens with zero attached hydrogens (tertiary/aromatic N) is 1. The maximum Gasteiger partial charge on any atom is 0.413 e. The van der Waals surface area contributed by atoms with Gasteiger partial charge in [-0.2, -0.15) is 0 Å². The van der Waals surface area contributed by atoms with Gasteiger partial charge in [-0.15, -0.1) is 0 Å². The number of carbonyl (C=O) groups excluding carboxylic acids is 3. The number of rotatable bonds is 9. The van der Waals surface area contributed by atoms with Gasteiger partial charge in [-0.1, -0.05) is 20.8 Å². The van der Waals surface area contributed by atoms with Crippen molar-refractivity contribution in [3.8, 4) is 5.75 Å². The molecule has 0 aliphatic carbocycles. The number of Topliss-reactive ketones (excluding diaryl/α,β-unsaturated/α-hetero) is 1. The monoisotopic (exact) mass is 434 g/mol. The van der Waals surface area contributed by atoms with Crippen molar-refractivity contribution >= 4 is 17.8 Å². The van der Waals surface area contributed by atoms with E-state index in [9.17, 15) is 14.4 Å². The number of carbonyl (C=O) groups is 3. The van der Waals surface area contributed by atoms with Gasteiger partial charge in [0.2, 0.25) is 5.91 Å². The summed E-state index contributed by atoms with van der Waals surface area (Å²) in [5.74, 6) is 0.340. The number of aromatic amines is 1. The van der Waals surface area contributed by atoms with E-state index in [1.165, 1.54) is 0 Å². The summed E-state index contributed by atoms with van der Waals surface area (Å²) in [4.78, 5) is 42.9. The molecule has 9 heteroatoms. The summed E-state index contributed by atoms with van der Waals surface area (Å²) in [6.45, 7) is 8.75. The van der Waals surface area contributed by atoms with Crippen LogP contribution in [0.2, 0.25) is 0 Å². The molecule has 3 N–H and O–H groups in total. The zero-order valence-corrected chi connectivity index (χ0v) is 18.6. The molecule has 3 rings (SSSR count). The van der Waals surface area contributed by atoms with Crippen molar-refractivity contribution in [3.05, 3.63) is 18.5 Å². The minimum Gasteiger partial charge on any atom is -0.409 e. The Morgan fingerprint density at radius 1 is 1.29 bits per heavy atom. The molecule has 9 nitrogen and oxygen atoms in total. The van der Waals surface area contributed by atoms with Gasteiger partial charge in [-0.3, -0.25) is 9.59 Å². The highest BCUT2D eigenvalue weighted by Crippen LogP contribution is 2.19. The molecule has 172 valence electrons. The molecule has 31 heavy (non-hydrogen) atoms. The third-order valence-electron chi connectivity index (χ3n) is 6.23. The van der Waals surface area contributed by atoms with Gasteiger partial charge in [0.15, 0.2) is 5.78 Å². The fraction of sp³-hybridized carbons (Fsp3) is 0.682. The first-order chi connectivity index (χ1) is 14.8. The molecule has 2 saturated heterocycles. The van der Waals surface area contributed by atoms with Gasteiger partial charge >= 0.3 is 6.09 Å². The molecule has 1 aromatic heterocycles. The van der Waals surface area contributed by atoms with E-state index in [1.54, 1.807) is 18.5 Å². The van der Waals surface area contributed by atoms with E-state index < -0.39 is 24.1 Å². The average molecular weight is 435 g/mol. The van der Waals surface area contributed by atoms with E-state index in [0.29, 0.717) is 24.6 Å². The van der Waals surface area contributed by atoms with Crippen molar-refractivity contribution in [1.29, 1.82) is 0 Å². The van der Waals surface area contributed by atoms with Gasteiger partial charge in [0.25, 0.3) is 0 Å². The van der Waals surface area contributed by atoms with Crippen molar-refractivity contribution in [2.45, 2.75) is 58.2 Å². The zero-order valence-electron chi connectivity index (χ0n) is 18.6. The fourth-order valence-corrected chi connectivity index (χ4v) is 3.91. The molecule has 3 heterocycles. The lowest BCUT2D eigenvalue weighted by Gasteiger charge is -2.27. The summed E-state index contributed by atoms with van der Waals surface area (Å²) in [6.07, 6.45) is 4.82. The molecule has 0 spiro atoms. The minimum absolute atomic E-state index is 0.000519. The van der Waals surface area contributed by atoms with Gasteiger partial charge in [0, 0.05) is 18.9 Å². The summed E-state index contributed by atoms with van der Waals surface area (Å²) in [5.41, 5.74) is 0. The quantitative estimate of drug-likeness (QED) is 0.545. The minimum atomic E-state index is -0.815. The number of aromatic nitrogens is 1. The second-order valence-electron chi connectivity index (χ2n) is 8.90. The molecule has 0 radical (unpaired) electrons. The van der Waals surface area contributed by atoms with Crippen LogP contribution < -0.4 is 15.4 Å². The number of hydrogen-bond donors (Lipinski definition) is 3. The van der Waals surface area contributed by atoms with Crippen molar-refractivity contribution in [2.75, 3.05) is 26.2 Å². The highest BCUT2D eigenvalue weighted by atomic mass is 16.6. The number of ether oxygens (including phenoxy) is 2. The number of nitrogens with one attached hydrogen (secondary N) is 3. The third kappa shape index (κ3) is 6.54. The molecule has 0 bridgehead atoms. The predicted molar refractivity (Wildman–Crippen MR) is 115 cm³/mol. The Hall–Kier alpha value is -2.39. The molecule has 2 amide bonds. The van der Waals surface area contributed by atoms with Crippen LogP contribution in [0.15, 0.2) is 18.5 Å². The Bertz CT molecular complexity index is 745. The molecule has 0 saturated carbocycles. The highest BCUT2D eigenvalue weighted by Gasteiger charge is 2.39. The maximum absolute atomic E-state index is 13.1. The lowest BCUT2D eigenvalue weighted by Crippen LogP contribution is -2.55. The van der Waals surface area contributed by atoms with E-state index in [4.69, 9.17) is 9.47 Å². The summed E-state index contributed by atoms with van der Waals surface area (Å²) >= 11 is 0. The third-order valence-corrected chi connectivity index (χ3v) is 6.23. The molecule has 3 unspecified atom stereocenters. The number of hydrogen-bond acceptors (Lipinski definition) is 6. The second-order valence-corrected chi connectivity index (χ2v) is 8.90. The van der Waals surface area contributed by atoms with Gasteiger partial charge in [0.1, 0.15) is 24.4 Å². The molecule has 2 aliphatic heterocycles. The van der Waals surface area contributed by atoms with E-state index in [2.05, 4.69) is 34.4 Å². The molecular weight excluding hydrogens is 400 g/mol. The number of H-pyrrole nitrogens is 1. The van der Waals surface area contributed by atoms with Crippen LogP contribution in [0.3, 0.4) is 0 Å². The Morgan fingerprint density at radius 2 is 2.03 bits per heavy atom. The smallest absolute Gasteiger partial charge is 0.409 e. The van der Waals surface area contributed by atoms with Crippen LogP contribution in [0, 0.1) is 11.8 Å². The summed E-state index contributed by atoms with van der Waals surface area (Å²) < 4.78 is 10.9. The van der Waals surface area contributed by atoms with Crippen LogP contribution >= 0.6 is 0 Å². The van der Waals surface area contributed by atoms with Crippen LogP contribution in [0.25, 0.3) is 0 Å². The van der Waals surface area contributed by atoms with E-state index in [0.717, 1.165) is 25.9 Å². The normalized spacial score (nSPS) is 23.7.